The second-order valence-electron chi connectivity index (χ2n) is 8.54. The minimum absolute atomic E-state index is 0.212. The molecule has 0 spiro atoms. The molecule has 4 nitrogen and oxygen atoms in total. The van der Waals surface area contributed by atoms with Crippen LogP contribution in [0.4, 0.5) is 18.0 Å². The van der Waals surface area contributed by atoms with Crippen molar-refractivity contribution in [2.24, 2.45) is 5.41 Å². The van der Waals surface area contributed by atoms with Crippen LogP contribution in [0, 0.1) is 5.41 Å². The highest BCUT2D eigenvalue weighted by Gasteiger charge is 2.70. The fourth-order valence-electron chi connectivity index (χ4n) is 4.20. The lowest BCUT2D eigenvalue weighted by atomic mass is 9.80. The number of amides is 1. The number of hydrogen-bond acceptors (Lipinski definition) is 3. The number of alkyl halides is 3. The molecule has 0 radical (unpaired) electrons. The van der Waals surface area contributed by atoms with Gasteiger partial charge in [0.15, 0.2) is 0 Å². The Labute approximate surface area is 161 Å². The third-order valence-corrected chi connectivity index (χ3v) is 5.94. The molecule has 2 atom stereocenters. The number of hydrogen-bond donors (Lipinski definition) is 1. The predicted octanol–water partition coefficient (Wildman–Crippen LogP) is 4.62. The molecule has 1 N–H and O–H groups in total. The topological polar surface area (TPSA) is 49.8 Å². The van der Waals surface area contributed by atoms with Crippen molar-refractivity contribution in [1.82, 2.24) is 4.90 Å². The number of nitrogens with zero attached hydrogens (tertiary/aromatic N) is 1. The average molecular weight is 406 g/mol. The number of halogens is 4. The maximum atomic E-state index is 13.2. The maximum Gasteiger partial charge on any atom is 0.417 e. The van der Waals surface area contributed by atoms with Crippen LogP contribution in [0.25, 0.3) is 0 Å². The average Bonchev–Trinajstić information content (AvgIpc) is 3.22. The van der Waals surface area contributed by atoms with Gasteiger partial charge in [0.05, 0.1) is 17.2 Å². The molecule has 2 aliphatic rings. The van der Waals surface area contributed by atoms with E-state index in [0.29, 0.717) is 24.9 Å². The van der Waals surface area contributed by atoms with Crippen LogP contribution in [-0.2, 0) is 16.3 Å². The molecule has 8 heteroatoms. The molecular formula is C19H23ClF3NO3. The Morgan fingerprint density at radius 2 is 2.00 bits per heavy atom. The van der Waals surface area contributed by atoms with Crippen molar-refractivity contribution in [2.45, 2.75) is 50.8 Å². The molecule has 1 heterocycles. The van der Waals surface area contributed by atoms with Crippen molar-refractivity contribution < 1.29 is 27.8 Å². The molecule has 1 saturated carbocycles. The van der Waals surface area contributed by atoms with E-state index in [4.69, 9.17) is 16.3 Å². The van der Waals surface area contributed by atoms with Crippen molar-refractivity contribution in [3.63, 3.8) is 0 Å². The number of carbonyl (C=O) groups excluding carboxylic acids is 1. The Morgan fingerprint density at radius 1 is 1.33 bits per heavy atom. The van der Waals surface area contributed by atoms with E-state index < -0.39 is 34.3 Å². The molecule has 0 unspecified atom stereocenters. The summed E-state index contributed by atoms with van der Waals surface area (Å²) in [5.74, 6) is 0. The lowest BCUT2D eigenvalue weighted by Gasteiger charge is -2.38. The zero-order valence-corrected chi connectivity index (χ0v) is 16.2. The van der Waals surface area contributed by atoms with E-state index >= 15 is 0 Å². The number of carbonyl (C=O) groups is 1. The van der Waals surface area contributed by atoms with Gasteiger partial charge >= 0.3 is 12.3 Å². The lowest BCUT2D eigenvalue weighted by molar-refractivity contribution is -0.137. The van der Waals surface area contributed by atoms with Gasteiger partial charge in [-0.3, -0.25) is 0 Å². The first-order valence-electron chi connectivity index (χ1n) is 8.80. The summed E-state index contributed by atoms with van der Waals surface area (Å²) >= 11 is 5.73. The van der Waals surface area contributed by atoms with Crippen LogP contribution in [0.1, 0.15) is 44.7 Å². The van der Waals surface area contributed by atoms with E-state index in [1.165, 1.54) is 11.0 Å². The van der Waals surface area contributed by atoms with E-state index in [1.807, 2.05) is 0 Å². The largest absolute Gasteiger partial charge is 0.444 e. The third kappa shape index (κ3) is 3.51. The molecule has 1 aromatic rings. The SMILES string of the molecule is CC(C)(C)OC(=O)N1CC[C@@]2(c3ccc(Cl)c(C(F)(F)F)c3)C[C@@]2(CO)C1. The first-order valence-corrected chi connectivity index (χ1v) is 9.17. The zero-order valence-electron chi connectivity index (χ0n) is 15.5. The van der Waals surface area contributed by atoms with E-state index in [2.05, 4.69) is 0 Å². The summed E-state index contributed by atoms with van der Waals surface area (Å²) in [5.41, 5.74) is -2.23. The highest BCUT2D eigenvalue weighted by Crippen LogP contribution is 2.68. The normalized spacial score (nSPS) is 27.9. The standard InChI is InChI=1S/C19H23ClF3NO3/c1-16(2,3)27-15(26)24-7-6-18(9-17(18,10-24)11-25)12-4-5-14(20)13(8-12)19(21,22)23/h4-5,8,25H,6-7,9-11H2,1-3H3/t17-,18-/m0/s1. The number of rotatable bonds is 2. The molecule has 0 bridgehead atoms. The summed E-state index contributed by atoms with van der Waals surface area (Å²) < 4.78 is 45.1. The molecule has 1 saturated heterocycles. The quantitative estimate of drug-likeness (QED) is 0.781. The van der Waals surface area contributed by atoms with E-state index in [0.717, 1.165) is 6.07 Å². The van der Waals surface area contributed by atoms with Crippen LogP contribution >= 0.6 is 11.6 Å². The zero-order chi connectivity index (χ0) is 20.3. The third-order valence-electron chi connectivity index (χ3n) is 5.61. The fraction of sp³-hybridized carbons (Fsp3) is 0.632. The van der Waals surface area contributed by atoms with Gasteiger partial charge in [0.25, 0.3) is 0 Å². The first-order chi connectivity index (χ1) is 12.3. The summed E-state index contributed by atoms with van der Waals surface area (Å²) in [7, 11) is 0. The fourth-order valence-corrected chi connectivity index (χ4v) is 4.42. The van der Waals surface area contributed by atoms with Crippen LogP contribution < -0.4 is 0 Å². The summed E-state index contributed by atoms with van der Waals surface area (Å²) in [6.07, 6.45) is -4.03. The number of benzene rings is 1. The van der Waals surface area contributed by atoms with Crippen molar-refractivity contribution in [1.29, 1.82) is 0 Å². The summed E-state index contributed by atoms with van der Waals surface area (Å²) in [6, 6.07) is 3.94. The number of aliphatic hydroxyl groups excluding tert-OH is 1. The number of likely N-dealkylation sites (tertiary alicyclic amines) is 1. The van der Waals surface area contributed by atoms with Gasteiger partial charge in [-0.1, -0.05) is 17.7 Å². The molecule has 1 amide bonds. The maximum absolute atomic E-state index is 13.2. The monoisotopic (exact) mass is 405 g/mol. The molecule has 2 fully saturated rings. The highest BCUT2D eigenvalue weighted by atomic mass is 35.5. The van der Waals surface area contributed by atoms with Crippen LogP contribution in [0.5, 0.6) is 0 Å². The first kappa shape index (κ1) is 20.3. The van der Waals surface area contributed by atoms with Crippen LogP contribution in [0.15, 0.2) is 18.2 Å². The Bertz CT molecular complexity index is 762. The van der Waals surface area contributed by atoms with Gasteiger partial charge in [0, 0.05) is 23.9 Å². The molecule has 3 rings (SSSR count). The summed E-state index contributed by atoms with van der Waals surface area (Å²) in [4.78, 5) is 13.9. The van der Waals surface area contributed by atoms with Gasteiger partial charge in [-0.15, -0.1) is 0 Å². The second kappa shape index (κ2) is 6.27. The van der Waals surface area contributed by atoms with Gasteiger partial charge in [-0.25, -0.2) is 4.79 Å². The van der Waals surface area contributed by atoms with E-state index in [-0.39, 0.29) is 18.2 Å². The summed E-state index contributed by atoms with van der Waals surface area (Å²) in [6.45, 7) is 5.71. The predicted molar refractivity (Wildman–Crippen MR) is 94.7 cm³/mol. The van der Waals surface area contributed by atoms with Crippen molar-refractivity contribution in [3.05, 3.63) is 34.3 Å². The highest BCUT2D eigenvalue weighted by molar-refractivity contribution is 6.31. The second-order valence-corrected chi connectivity index (χ2v) is 8.95. The smallest absolute Gasteiger partial charge is 0.417 e. The Kier molecular flexibility index (Phi) is 4.71. The molecular weight excluding hydrogens is 383 g/mol. The van der Waals surface area contributed by atoms with Gasteiger partial charge in [-0.05, 0) is 51.3 Å². The van der Waals surface area contributed by atoms with Gasteiger partial charge in [0.2, 0.25) is 0 Å². The van der Waals surface area contributed by atoms with Crippen LogP contribution in [-0.4, -0.2) is 41.4 Å². The number of piperidine rings is 1. The molecule has 150 valence electrons. The lowest BCUT2D eigenvalue weighted by Crippen LogP contribution is -2.48. The van der Waals surface area contributed by atoms with Gasteiger partial charge in [-0.2, -0.15) is 13.2 Å². The van der Waals surface area contributed by atoms with Crippen molar-refractivity contribution in [2.75, 3.05) is 19.7 Å². The molecule has 1 aromatic carbocycles. The molecule has 1 aliphatic heterocycles. The number of aliphatic hydroxyl groups is 1. The van der Waals surface area contributed by atoms with Crippen LogP contribution in [0.2, 0.25) is 5.02 Å². The minimum Gasteiger partial charge on any atom is -0.444 e. The Morgan fingerprint density at radius 3 is 2.56 bits per heavy atom. The van der Waals surface area contributed by atoms with Gasteiger partial charge in [0.1, 0.15) is 5.60 Å². The van der Waals surface area contributed by atoms with Crippen molar-refractivity contribution in [3.8, 4) is 0 Å². The number of fused-ring (bicyclic) bond motifs is 1. The summed E-state index contributed by atoms with van der Waals surface area (Å²) in [5, 5.41) is 9.66. The minimum atomic E-state index is -4.54. The molecule has 0 aromatic heterocycles. The van der Waals surface area contributed by atoms with Gasteiger partial charge < -0.3 is 14.7 Å². The van der Waals surface area contributed by atoms with Crippen molar-refractivity contribution >= 4 is 17.7 Å². The Hall–Kier alpha value is -1.47. The van der Waals surface area contributed by atoms with E-state index in [1.54, 1.807) is 26.8 Å². The molecule has 27 heavy (non-hydrogen) atoms. The number of ether oxygens (including phenoxy) is 1. The Balaban J connectivity index is 1.87. The molecule has 1 aliphatic carbocycles. The van der Waals surface area contributed by atoms with E-state index in [9.17, 15) is 23.1 Å². The van der Waals surface area contributed by atoms with Crippen LogP contribution in [0.3, 0.4) is 0 Å².